The summed E-state index contributed by atoms with van der Waals surface area (Å²) in [4.78, 5) is 6.56. The maximum Gasteiger partial charge on any atom is 0.394 e. The number of rotatable bonds is 7. The molecule has 1 aliphatic rings. The Labute approximate surface area is 224 Å². The van der Waals surface area contributed by atoms with E-state index in [1.165, 1.54) is 0 Å². The van der Waals surface area contributed by atoms with Gasteiger partial charge < -0.3 is 4.74 Å². The fourth-order valence-electron chi connectivity index (χ4n) is 5.26. The van der Waals surface area contributed by atoms with E-state index in [0.717, 1.165) is 77.7 Å². The summed E-state index contributed by atoms with van der Waals surface area (Å²) in [6.45, 7) is 4.90. The maximum atomic E-state index is 13.5. The number of alkyl halides is 2. The van der Waals surface area contributed by atoms with E-state index in [-0.39, 0.29) is 11.7 Å². The van der Waals surface area contributed by atoms with Crippen molar-refractivity contribution in [2.45, 2.75) is 45.3 Å². The molecule has 4 heterocycles. The third-order valence-electron chi connectivity index (χ3n) is 7.07. The first-order valence-corrected chi connectivity index (χ1v) is 13.0. The lowest BCUT2D eigenvalue weighted by Gasteiger charge is -2.32. The van der Waals surface area contributed by atoms with Crippen molar-refractivity contribution >= 4 is 10.9 Å². The summed E-state index contributed by atoms with van der Waals surface area (Å²) in [5.41, 5.74) is 6.30. The first-order chi connectivity index (χ1) is 18.8. The number of aryl methyl sites for hydroxylation is 1. The third-order valence-corrected chi connectivity index (χ3v) is 7.07. The molecule has 0 saturated carbocycles. The second-order valence-corrected chi connectivity index (χ2v) is 10.2. The largest absolute Gasteiger partial charge is 0.432 e. The lowest BCUT2D eigenvalue weighted by molar-refractivity contribution is -0.159. The monoisotopic (exact) mass is 529 g/mol. The van der Waals surface area contributed by atoms with Crippen LogP contribution < -0.4 is 4.74 Å². The molecule has 3 aromatic heterocycles. The Morgan fingerprint density at radius 1 is 1.13 bits per heavy atom. The molecule has 0 unspecified atom stereocenters. The van der Waals surface area contributed by atoms with E-state index >= 15 is 0 Å². The summed E-state index contributed by atoms with van der Waals surface area (Å²) < 4.78 is 33.8. The SMILES string of the molecule is Cc1cc(-c2n[nH]c3ccc(-n4cc([C@@H]5CCCN(Cc6ccccc6OC(C)(F)F)C5)nn4)cc23)ccn1. The Balaban J connectivity index is 1.20. The number of hydrogen-bond donors (Lipinski definition) is 1. The molecule has 0 amide bonds. The molecule has 1 saturated heterocycles. The number of pyridine rings is 1. The maximum absolute atomic E-state index is 13.5. The molecule has 200 valence electrons. The van der Waals surface area contributed by atoms with E-state index in [9.17, 15) is 8.78 Å². The molecule has 0 spiro atoms. The summed E-state index contributed by atoms with van der Waals surface area (Å²) in [5, 5.41) is 17.6. The Morgan fingerprint density at radius 2 is 2.00 bits per heavy atom. The van der Waals surface area contributed by atoms with Crippen LogP contribution in [0.4, 0.5) is 8.78 Å². The Morgan fingerprint density at radius 3 is 2.85 bits per heavy atom. The first kappa shape index (κ1) is 25.1. The number of likely N-dealkylation sites (tertiary alicyclic amines) is 1. The molecule has 1 atom stereocenters. The highest BCUT2D eigenvalue weighted by atomic mass is 19.3. The smallest absolute Gasteiger partial charge is 0.394 e. The molecule has 39 heavy (non-hydrogen) atoms. The van der Waals surface area contributed by atoms with Gasteiger partial charge >= 0.3 is 6.11 Å². The molecular weight excluding hydrogens is 500 g/mol. The molecular formula is C29H29F2N7O. The minimum Gasteiger partial charge on any atom is -0.432 e. The number of nitrogens with one attached hydrogen (secondary N) is 1. The van der Waals surface area contributed by atoms with E-state index in [0.29, 0.717) is 6.54 Å². The molecule has 8 nitrogen and oxygen atoms in total. The zero-order chi connectivity index (χ0) is 27.0. The lowest BCUT2D eigenvalue weighted by atomic mass is 9.95. The molecule has 1 N–H and O–H groups in total. The van der Waals surface area contributed by atoms with Gasteiger partial charge in [0.25, 0.3) is 0 Å². The second kappa shape index (κ2) is 10.2. The number of ether oxygens (including phenoxy) is 1. The molecule has 1 aliphatic heterocycles. The van der Waals surface area contributed by atoms with Crippen LogP contribution in [-0.2, 0) is 6.54 Å². The number of para-hydroxylation sites is 1. The van der Waals surface area contributed by atoms with E-state index in [4.69, 9.17) is 4.74 Å². The quantitative estimate of drug-likeness (QED) is 0.283. The summed E-state index contributed by atoms with van der Waals surface area (Å²) in [6, 6.07) is 17.0. The predicted octanol–water partition coefficient (Wildman–Crippen LogP) is 5.89. The number of piperidine rings is 1. The van der Waals surface area contributed by atoms with E-state index in [2.05, 4.69) is 36.5 Å². The van der Waals surface area contributed by atoms with Crippen LogP contribution >= 0.6 is 0 Å². The fraction of sp³-hybridized carbons (Fsp3) is 0.310. The third kappa shape index (κ3) is 5.51. The highest BCUT2D eigenvalue weighted by molar-refractivity contribution is 5.94. The fourth-order valence-corrected chi connectivity index (χ4v) is 5.26. The van der Waals surface area contributed by atoms with Crippen LogP contribution in [0, 0.1) is 6.92 Å². The molecule has 2 aromatic carbocycles. The standard InChI is InChI=1S/C29H29F2N7O/c1-19-14-20(11-12-32-19)28-24-15-23(9-10-25(24)33-35-28)38-18-26(34-36-38)21-7-5-13-37(16-21)17-22-6-3-4-8-27(22)39-29(2,30)31/h3-4,6,8-12,14-15,18,21H,5,7,13,16-17H2,1-2H3,(H,33,35)/t21-/m1/s1. The van der Waals surface area contributed by atoms with Gasteiger partial charge in [-0.1, -0.05) is 23.4 Å². The van der Waals surface area contributed by atoms with Crippen molar-refractivity contribution in [2.24, 2.45) is 0 Å². The van der Waals surface area contributed by atoms with Crippen molar-refractivity contribution in [1.82, 2.24) is 35.1 Å². The zero-order valence-corrected chi connectivity index (χ0v) is 21.8. The van der Waals surface area contributed by atoms with E-state index in [1.807, 2.05) is 49.5 Å². The second-order valence-electron chi connectivity index (χ2n) is 10.2. The number of hydrogen-bond acceptors (Lipinski definition) is 6. The van der Waals surface area contributed by atoms with Gasteiger partial charge in [0.05, 0.1) is 23.1 Å². The van der Waals surface area contributed by atoms with Crippen LogP contribution in [0.3, 0.4) is 0 Å². The van der Waals surface area contributed by atoms with Crippen LogP contribution in [0.5, 0.6) is 5.75 Å². The zero-order valence-electron chi connectivity index (χ0n) is 21.8. The Hall–Kier alpha value is -4.18. The molecule has 0 aliphatic carbocycles. The van der Waals surface area contributed by atoms with Gasteiger partial charge in [0, 0.05) is 54.3 Å². The minimum absolute atomic E-state index is 0.196. The summed E-state index contributed by atoms with van der Waals surface area (Å²) in [5.74, 6) is 0.412. The highest BCUT2D eigenvalue weighted by Crippen LogP contribution is 2.31. The van der Waals surface area contributed by atoms with Crippen LogP contribution in [-0.4, -0.2) is 54.3 Å². The van der Waals surface area contributed by atoms with Crippen LogP contribution in [0.15, 0.2) is 67.0 Å². The van der Waals surface area contributed by atoms with Crippen molar-refractivity contribution in [3.05, 3.63) is 83.9 Å². The summed E-state index contributed by atoms with van der Waals surface area (Å²) in [6.07, 6.45) is 2.53. The Bertz CT molecular complexity index is 1610. The molecule has 0 radical (unpaired) electrons. The number of benzene rings is 2. The van der Waals surface area contributed by atoms with Gasteiger partial charge in [0.15, 0.2) is 0 Å². The predicted molar refractivity (Wildman–Crippen MR) is 144 cm³/mol. The normalized spacial score (nSPS) is 16.6. The number of halogens is 2. The topological polar surface area (TPSA) is 84.8 Å². The molecule has 0 bridgehead atoms. The molecule has 5 aromatic rings. The summed E-state index contributed by atoms with van der Waals surface area (Å²) >= 11 is 0. The molecule has 6 rings (SSSR count). The number of H-pyrrole nitrogens is 1. The number of fused-ring (bicyclic) bond motifs is 1. The van der Waals surface area contributed by atoms with Crippen molar-refractivity contribution in [2.75, 3.05) is 13.1 Å². The summed E-state index contributed by atoms with van der Waals surface area (Å²) in [7, 11) is 0. The highest BCUT2D eigenvalue weighted by Gasteiger charge is 2.27. The van der Waals surface area contributed by atoms with Gasteiger partial charge in [-0.05, 0) is 62.7 Å². The van der Waals surface area contributed by atoms with Crippen LogP contribution in [0.25, 0.3) is 27.8 Å². The van der Waals surface area contributed by atoms with Gasteiger partial charge in [0.2, 0.25) is 0 Å². The van der Waals surface area contributed by atoms with Crippen molar-refractivity contribution in [1.29, 1.82) is 0 Å². The number of aromatic amines is 1. The van der Waals surface area contributed by atoms with Gasteiger partial charge in [-0.15, -0.1) is 5.10 Å². The lowest BCUT2D eigenvalue weighted by Crippen LogP contribution is -2.34. The van der Waals surface area contributed by atoms with Crippen LogP contribution in [0.1, 0.15) is 42.6 Å². The minimum atomic E-state index is -3.23. The Kier molecular flexibility index (Phi) is 6.56. The average molecular weight is 530 g/mol. The number of aromatic nitrogens is 6. The average Bonchev–Trinajstić information content (AvgIpc) is 3.57. The van der Waals surface area contributed by atoms with Gasteiger partial charge in [0.1, 0.15) is 11.4 Å². The van der Waals surface area contributed by atoms with Gasteiger partial charge in [-0.2, -0.15) is 13.9 Å². The van der Waals surface area contributed by atoms with Crippen molar-refractivity contribution in [3.63, 3.8) is 0 Å². The molecule has 1 fully saturated rings. The molecule has 10 heteroatoms. The van der Waals surface area contributed by atoms with Gasteiger partial charge in [-0.25, -0.2) is 4.68 Å². The van der Waals surface area contributed by atoms with E-state index in [1.54, 1.807) is 23.0 Å². The van der Waals surface area contributed by atoms with Crippen LogP contribution in [0.2, 0.25) is 0 Å². The van der Waals surface area contributed by atoms with Gasteiger partial charge in [-0.3, -0.25) is 15.0 Å². The van der Waals surface area contributed by atoms with E-state index < -0.39 is 6.11 Å². The van der Waals surface area contributed by atoms with Crippen molar-refractivity contribution in [3.8, 4) is 22.7 Å². The van der Waals surface area contributed by atoms with Crippen molar-refractivity contribution < 1.29 is 13.5 Å². The number of nitrogens with zero attached hydrogens (tertiary/aromatic N) is 6. The first-order valence-electron chi connectivity index (χ1n) is 13.0.